The fourth-order valence-electron chi connectivity index (χ4n) is 3.94. The van der Waals surface area contributed by atoms with Crippen molar-refractivity contribution in [2.75, 3.05) is 25.9 Å². The fourth-order valence-corrected chi connectivity index (χ4v) is 4.84. The number of carboxylic acids is 1. The summed E-state index contributed by atoms with van der Waals surface area (Å²) in [6.45, 7) is 1.21. The van der Waals surface area contributed by atoms with E-state index in [1.54, 1.807) is 6.07 Å². The largest absolute Gasteiger partial charge is 0.481 e. The predicted molar refractivity (Wildman–Crippen MR) is 96.4 cm³/mol. The Morgan fingerprint density at radius 1 is 1.38 bits per heavy atom. The molecule has 0 unspecified atom stereocenters. The van der Waals surface area contributed by atoms with Gasteiger partial charge in [0.05, 0.1) is 6.26 Å². The van der Waals surface area contributed by atoms with Crippen molar-refractivity contribution in [1.82, 2.24) is 4.31 Å². The Hall–Kier alpha value is -1.80. The molecule has 1 saturated heterocycles. The number of carboxylic acid groups (broad SMARTS) is 1. The summed E-state index contributed by atoms with van der Waals surface area (Å²) in [5.74, 6) is -1.38. The van der Waals surface area contributed by atoms with Gasteiger partial charge in [-0.3, -0.25) is 9.79 Å². The number of hydrogen-bond acceptors (Lipinski definition) is 4. The molecule has 1 aromatic rings. The summed E-state index contributed by atoms with van der Waals surface area (Å²) in [5.41, 5.74) is 2.62. The molecule has 1 aromatic carbocycles. The minimum Gasteiger partial charge on any atom is -0.481 e. The van der Waals surface area contributed by atoms with Crippen LogP contribution < -0.4 is 0 Å². The number of halogens is 1. The molecule has 0 amide bonds. The molecule has 1 fully saturated rings. The monoisotopic (exact) mass is 382 g/mol. The number of aliphatic imine (C=N–C) groups is 1. The van der Waals surface area contributed by atoms with Gasteiger partial charge in [0.2, 0.25) is 10.0 Å². The normalized spacial score (nSPS) is 24.0. The zero-order chi connectivity index (χ0) is 18.9. The van der Waals surface area contributed by atoms with Crippen LogP contribution in [0, 0.1) is 17.7 Å². The van der Waals surface area contributed by atoms with Gasteiger partial charge < -0.3 is 5.11 Å². The van der Waals surface area contributed by atoms with Crippen molar-refractivity contribution in [1.29, 1.82) is 0 Å². The van der Waals surface area contributed by atoms with Crippen molar-refractivity contribution >= 4 is 21.7 Å². The van der Waals surface area contributed by atoms with Crippen LogP contribution in [0.25, 0.3) is 0 Å². The van der Waals surface area contributed by atoms with Gasteiger partial charge in [-0.15, -0.1) is 0 Å². The van der Waals surface area contributed by atoms with Crippen molar-refractivity contribution in [3.63, 3.8) is 0 Å². The van der Waals surface area contributed by atoms with E-state index in [0.717, 1.165) is 16.8 Å². The van der Waals surface area contributed by atoms with Gasteiger partial charge in [0.25, 0.3) is 0 Å². The Kier molecular flexibility index (Phi) is 5.43. The Balaban J connectivity index is 1.84. The molecule has 0 radical (unpaired) electrons. The molecule has 0 aliphatic carbocycles. The van der Waals surface area contributed by atoms with Crippen LogP contribution in [-0.2, 0) is 21.2 Å². The van der Waals surface area contributed by atoms with E-state index in [1.807, 2.05) is 0 Å². The smallest absolute Gasteiger partial charge is 0.303 e. The van der Waals surface area contributed by atoms with Gasteiger partial charge in [0.1, 0.15) is 5.82 Å². The first-order chi connectivity index (χ1) is 12.2. The molecule has 142 valence electrons. The minimum atomic E-state index is -3.32. The molecule has 0 spiro atoms. The van der Waals surface area contributed by atoms with E-state index >= 15 is 0 Å². The van der Waals surface area contributed by atoms with Gasteiger partial charge in [-0.2, -0.15) is 0 Å². The Morgan fingerprint density at radius 2 is 2.15 bits per heavy atom. The van der Waals surface area contributed by atoms with E-state index in [9.17, 15) is 22.7 Å². The van der Waals surface area contributed by atoms with E-state index < -0.39 is 16.0 Å². The second-order valence-electron chi connectivity index (χ2n) is 7.11. The lowest BCUT2D eigenvalue weighted by atomic mass is 9.79. The summed E-state index contributed by atoms with van der Waals surface area (Å²) < 4.78 is 38.8. The van der Waals surface area contributed by atoms with E-state index in [1.165, 1.54) is 22.7 Å². The topological polar surface area (TPSA) is 87.0 Å². The molecule has 2 aliphatic rings. The fraction of sp³-hybridized carbons (Fsp3) is 0.556. The summed E-state index contributed by atoms with van der Waals surface area (Å²) in [4.78, 5) is 15.8. The number of carbonyl (C=O) groups is 1. The summed E-state index contributed by atoms with van der Waals surface area (Å²) >= 11 is 0. The van der Waals surface area contributed by atoms with Crippen LogP contribution in [0.3, 0.4) is 0 Å². The highest BCUT2D eigenvalue weighted by atomic mass is 32.2. The third-order valence-corrected chi connectivity index (χ3v) is 6.55. The van der Waals surface area contributed by atoms with E-state index in [2.05, 4.69) is 4.99 Å². The molecular formula is C18H23FN2O4S. The van der Waals surface area contributed by atoms with Gasteiger partial charge in [-0.1, -0.05) is 0 Å². The molecule has 0 saturated carbocycles. The summed E-state index contributed by atoms with van der Waals surface area (Å²) in [6, 6.07) is 4.63. The quantitative estimate of drug-likeness (QED) is 0.843. The number of sulfonamides is 1. The maximum Gasteiger partial charge on any atom is 0.303 e. The molecule has 2 atom stereocenters. The molecule has 0 aromatic heterocycles. The molecule has 2 heterocycles. The number of aliphatic carboxylic acids is 1. The van der Waals surface area contributed by atoms with Crippen LogP contribution in [0.1, 0.15) is 30.4 Å². The average Bonchev–Trinajstić information content (AvgIpc) is 2.55. The Morgan fingerprint density at radius 3 is 2.85 bits per heavy atom. The first kappa shape index (κ1) is 19.0. The highest BCUT2D eigenvalue weighted by molar-refractivity contribution is 7.88. The SMILES string of the molecule is CS(=O)(=O)N1CC[C@@H](CC(=O)O)[C@@H](CC2=NCCc3cc(F)ccc32)C1. The van der Waals surface area contributed by atoms with Gasteiger partial charge >= 0.3 is 5.97 Å². The standard InChI is InChI=1S/C18H23FN2O4S/c1-26(24,25)21-7-5-12(10-18(22)23)14(11-21)9-17-16-3-2-15(19)8-13(16)4-6-20-17/h2-3,8,12,14H,4-7,9-11H2,1H3,(H,22,23)/t12-,14-/m0/s1. The highest BCUT2D eigenvalue weighted by Gasteiger charge is 2.35. The lowest BCUT2D eigenvalue weighted by Gasteiger charge is -2.37. The van der Waals surface area contributed by atoms with Crippen molar-refractivity contribution in [2.24, 2.45) is 16.8 Å². The van der Waals surface area contributed by atoms with E-state index in [0.29, 0.717) is 38.9 Å². The molecular weight excluding hydrogens is 359 g/mol. The average molecular weight is 382 g/mol. The van der Waals surface area contributed by atoms with Crippen LogP contribution in [0.5, 0.6) is 0 Å². The zero-order valence-corrected chi connectivity index (χ0v) is 15.5. The van der Waals surface area contributed by atoms with Crippen LogP contribution in [0.15, 0.2) is 23.2 Å². The molecule has 3 rings (SSSR count). The lowest BCUT2D eigenvalue weighted by Crippen LogP contribution is -2.44. The van der Waals surface area contributed by atoms with Gasteiger partial charge in [-0.25, -0.2) is 17.1 Å². The third-order valence-electron chi connectivity index (χ3n) is 5.28. The van der Waals surface area contributed by atoms with Crippen LogP contribution in [0.4, 0.5) is 4.39 Å². The van der Waals surface area contributed by atoms with Crippen LogP contribution >= 0.6 is 0 Å². The Labute approximate surface area is 152 Å². The summed E-state index contributed by atoms with van der Waals surface area (Å²) in [5, 5.41) is 9.20. The molecule has 6 nitrogen and oxygen atoms in total. The van der Waals surface area contributed by atoms with E-state index in [-0.39, 0.29) is 24.1 Å². The summed E-state index contributed by atoms with van der Waals surface area (Å²) in [6.07, 6.45) is 2.90. The number of benzene rings is 1. The Bertz CT molecular complexity index is 838. The van der Waals surface area contributed by atoms with Gasteiger partial charge in [0.15, 0.2) is 0 Å². The van der Waals surface area contributed by atoms with Gasteiger partial charge in [-0.05, 0) is 60.4 Å². The maximum atomic E-state index is 13.5. The van der Waals surface area contributed by atoms with E-state index in [4.69, 9.17) is 0 Å². The number of hydrogen-bond donors (Lipinski definition) is 1. The number of nitrogens with zero attached hydrogens (tertiary/aromatic N) is 2. The third kappa shape index (κ3) is 4.29. The summed E-state index contributed by atoms with van der Waals surface area (Å²) in [7, 11) is -3.32. The van der Waals surface area contributed by atoms with Crippen molar-refractivity contribution < 1.29 is 22.7 Å². The molecule has 8 heteroatoms. The minimum absolute atomic E-state index is 0.0197. The first-order valence-electron chi connectivity index (χ1n) is 8.73. The molecule has 2 aliphatic heterocycles. The number of piperidine rings is 1. The lowest BCUT2D eigenvalue weighted by molar-refractivity contribution is -0.138. The zero-order valence-electron chi connectivity index (χ0n) is 14.7. The first-order valence-corrected chi connectivity index (χ1v) is 10.6. The molecule has 26 heavy (non-hydrogen) atoms. The van der Waals surface area contributed by atoms with Crippen molar-refractivity contribution in [3.8, 4) is 0 Å². The molecule has 1 N–H and O–H groups in total. The number of rotatable bonds is 5. The van der Waals surface area contributed by atoms with Crippen molar-refractivity contribution in [3.05, 3.63) is 35.1 Å². The van der Waals surface area contributed by atoms with Crippen LogP contribution in [0.2, 0.25) is 0 Å². The predicted octanol–water partition coefficient (Wildman–Crippen LogP) is 1.93. The molecule has 0 bridgehead atoms. The second kappa shape index (κ2) is 7.44. The van der Waals surface area contributed by atoms with Gasteiger partial charge in [0, 0.05) is 31.8 Å². The number of fused-ring (bicyclic) bond motifs is 1. The second-order valence-corrected chi connectivity index (χ2v) is 9.09. The van der Waals surface area contributed by atoms with Crippen molar-refractivity contribution in [2.45, 2.75) is 25.7 Å². The van der Waals surface area contributed by atoms with Crippen LogP contribution in [-0.4, -0.2) is 55.4 Å². The highest BCUT2D eigenvalue weighted by Crippen LogP contribution is 2.32. The maximum absolute atomic E-state index is 13.5.